The number of fused-ring (bicyclic) bond motifs is 1. The van der Waals surface area contributed by atoms with E-state index in [0.717, 1.165) is 27.7 Å². The van der Waals surface area contributed by atoms with Crippen molar-refractivity contribution < 1.29 is 9.90 Å². The van der Waals surface area contributed by atoms with Gasteiger partial charge in [-0.2, -0.15) is 0 Å². The molecule has 1 aromatic heterocycles. The fourth-order valence-corrected chi connectivity index (χ4v) is 2.11. The molecule has 0 atom stereocenters. The molecule has 2 N–H and O–H groups in total. The molecular formula is C14H13NO2. The van der Waals surface area contributed by atoms with Gasteiger partial charge in [0.25, 0.3) is 0 Å². The second-order valence-corrected chi connectivity index (χ2v) is 3.99. The van der Waals surface area contributed by atoms with Crippen molar-refractivity contribution in [2.75, 3.05) is 0 Å². The Morgan fingerprint density at radius 2 is 2.29 bits per heavy atom. The predicted octanol–water partition coefficient (Wildman–Crippen LogP) is 2.47. The summed E-state index contributed by atoms with van der Waals surface area (Å²) >= 11 is 0. The average Bonchev–Trinajstić information content (AvgIpc) is 2.61. The molecule has 1 aromatic carbocycles. The molecule has 3 nitrogen and oxygen atoms in total. The van der Waals surface area contributed by atoms with Crippen LogP contribution in [0.5, 0.6) is 0 Å². The number of carboxylic acids is 1. The number of hydrogen-bond donors (Lipinski definition) is 2. The summed E-state index contributed by atoms with van der Waals surface area (Å²) in [6, 6.07) is 5.72. The molecule has 0 bridgehead atoms. The van der Waals surface area contributed by atoms with Crippen molar-refractivity contribution in [3.05, 3.63) is 35.0 Å². The summed E-state index contributed by atoms with van der Waals surface area (Å²) in [6.45, 7) is 1.94. The number of nitrogens with one attached hydrogen (secondary N) is 1. The average molecular weight is 227 g/mol. The molecule has 0 spiro atoms. The molecule has 17 heavy (non-hydrogen) atoms. The summed E-state index contributed by atoms with van der Waals surface area (Å²) in [4.78, 5) is 13.9. The highest BCUT2D eigenvalue weighted by atomic mass is 16.4. The Hall–Kier alpha value is -2.21. The van der Waals surface area contributed by atoms with E-state index in [9.17, 15) is 4.79 Å². The standard InChI is InChI=1S/C14H13NO2/c1-3-10-5-4-6-12-14(10)11(9(2)15-12)7-8-13(16)17/h1,4-6,15H,7-8H2,2H3,(H,16,17). The van der Waals surface area contributed by atoms with Gasteiger partial charge in [0.2, 0.25) is 0 Å². The van der Waals surface area contributed by atoms with Gasteiger partial charge in [0.15, 0.2) is 0 Å². The highest BCUT2D eigenvalue weighted by Gasteiger charge is 2.12. The third-order valence-corrected chi connectivity index (χ3v) is 2.89. The Morgan fingerprint density at radius 1 is 1.53 bits per heavy atom. The van der Waals surface area contributed by atoms with Gasteiger partial charge in [0.1, 0.15) is 0 Å². The van der Waals surface area contributed by atoms with Crippen molar-refractivity contribution in [1.82, 2.24) is 4.98 Å². The Kier molecular flexibility index (Phi) is 2.88. The molecule has 2 rings (SSSR count). The molecule has 0 saturated carbocycles. The molecular weight excluding hydrogens is 214 g/mol. The first-order chi connectivity index (χ1) is 8.13. The van der Waals surface area contributed by atoms with Gasteiger partial charge in [-0.15, -0.1) is 6.42 Å². The number of hydrogen-bond acceptors (Lipinski definition) is 1. The minimum Gasteiger partial charge on any atom is -0.481 e. The van der Waals surface area contributed by atoms with Crippen LogP contribution in [0.2, 0.25) is 0 Å². The topological polar surface area (TPSA) is 53.1 Å². The number of aromatic nitrogens is 1. The third kappa shape index (κ3) is 2.02. The van der Waals surface area contributed by atoms with Gasteiger partial charge < -0.3 is 10.1 Å². The summed E-state index contributed by atoms with van der Waals surface area (Å²) in [6.07, 6.45) is 6.09. The first kappa shape index (κ1) is 11.3. The molecule has 0 fully saturated rings. The van der Waals surface area contributed by atoms with Crippen LogP contribution in [0, 0.1) is 19.3 Å². The zero-order chi connectivity index (χ0) is 12.4. The SMILES string of the molecule is C#Cc1cccc2[nH]c(C)c(CCC(=O)O)c12. The van der Waals surface area contributed by atoms with Gasteiger partial charge in [0, 0.05) is 28.6 Å². The predicted molar refractivity (Wildman–Crippen MR) is 66.9 cm³/mol. The number of carboxylic acid groups (broad SMARTS) is 1. The summed E-state index contributed by atoms with van der Waals surface area (Å²) in [5.41, 5.74) is 3.78. The number of rotatable bonds is 3. The molecule has 2 aromatic rings. The monoisotopic (exact) mass is 227 g/mol. The fraction of sp³-hybridized carbons (Fsp3) is 0.214. The van der Waals surface area contributed by atoms with E-state index in [4.69, 9.17) is 11.5 Å². The highest BCUT2D eigenvalue weighted by Crippen LogP contribution is 2.26. The number of terminal acetylenes is 1. The van der Waals surface area contributed by atoms with Crippen molar-refractivity contribution in [2.45, 2.75) is 19.8 Å². The summed E-state index contributed by atoms with van der Waals surface area (Å²) in [7, 11) is 0. The van der Waals surface area contributed by atoms with Gasteiger partial charge in [-0.05, 0) is 31.0 Å². The van der Waals surface area contributed by atoms with Gasteiger partial charge in [-0.25, -0.2) is 0 Å². The Morgan fingerprint density at radius 3 is 2.94 bits per heavy atom. The maximum Gasteiger partial charge on any atom is 0.303 e. The summed E-state index contributed by atoms with van der Waals surface area (Å²) in [5, 5.41) is 9.73. The lowest BCUT2D eigenvalue weighted by Crippen LogP contribution is -1.98. The van der Waals surface area contributed by atoms with Crippen molar-refractivity contribution in [3.8, 4) is 12.3 Å². The number of H-pyrrole nitrogens is 1. The molecule has 0 unspecified atom stereocenters. The van der Waals surface area contributed by atoms with Crippen LogP contribution in [-0.2, 0) is 11.2 Å². The number of aryl methyl sites for hydroxylation is 2. The van der Waals surface area contributed by atoms with E-state index < -0.39 is 5.97 Å². The fourth-order valence-electron chi connectivity index (χ4n) is 2.11. The lowest BCUT2D eigenvalue weighted by atomic mass is 10.0. The lowest BCUT2D eigenvalue weighted by Gasteiger charge is -2.01. The van der Waals surface area contributed by atoms with E-state index in [2.05, 4.69) is 10.9 Å². The number of aliphatic carboxylic acids is 1. The minimum absolute atomic E-state index is 0.118. The van der Waals surface area contributed by atoms with Crippen LogP contribution < -0.4 is 0 Å². The van der Waals surface area contributed by atoms with Crippen molar-refractivity contribution in [2.24, 2.45) is 0 Å². The van der Waals surface area contributed by atoms with E-state index in [0.29, 0.717) is 6.42 Å². The summed E-state index contributed by atoms with van der Waals surface area (Å²) in [5.74, 6) is 1.85. The molecule has 86 valence electrons. The number of benzene rings is 1. The lowest BCUT2D eigenvalue weighted by molar-refractivity contribution is -0.136. The van der Waals surface area contributed by atoms with Gasteiger partial charge >= 0.3 is 5.97 Å². The third-order valence-electron chi connectivity index (χ3n) is 2.89. The molecule has 0 amide bonds. The van der Waals surface area contributed by atoms with E-state index in [1.54, 1.807) is 0 Å². The Balaban J connectivity index is 2.57. The zero-order valence-electron chi connectivity index (χ0n) is 9.58. The van der Waals surface area contributed by atoms with Crippen LogP contribution in [0.1, 0.15) is 23.2 Å². The maximum atomic E-state index is 10.6. The van der Waals surface area contributed by atoms with Crippen LogP contribution >= 0.6 is 0 Å². The van der Waals surface area contributed by atoms with Gasteiger partial charge in [0.05, 0.1) is 0 Å². The minimum atomic E-state index is -0.795. The molecule has 0 aliphatic heterocycles. The highest BCUT2D eigenvalue weighted by molar-refractivity contribution is 5.90. The second kappa shape index (κ2) is 4.34. The maximum absolute atomic E-state index is 10.6. The van der Waals surface area contributed by atoms with Crippen molar-refractivity contribution in [3.63, 3.8) is 0 Å². The van der Waals surface area contributed by atoms with E-state index >= 15 is 0 Å². The Bertz CT molecular complexity index is 617. The molecule has 1 heterocycles. The van der Waals surface area contributed by atoms with Crippen molar-refractivity contribution >= 4 is 16.9 Å². The van der Waals surface area contributed by atoms with E-state index in [1.807, 2.05) is 25.1 Å². The van der Waals surface area contributed by atoms with Crippen LogP contribution in [0.25, 0.3) is 10.9 Å². The van der Waals surface area contributed by atoms with Gasteiger partial charge in [-0.1, -0.05) is 12.0 Å². The summed E-state index contributed by atoms with van der Waals surface area (Å²) < 4.78 is 0. The van der Waals surface area contributed by atoms with Crippen LogP contribution in [-0.4, -0.2) is 16.1 Å². The first-order valence-electron chi connectivity index (χ1n) is 5.42. The molecule has 0 aliphatic rings. The molecule has 3 heteroatoms. The number of aromatic amines is 1. The molecule has 0 radical (unpaired) electrons. The number of carbonyl (C=O) groups is 1. The Labute approximate surface area is 99.5 Å². The van der Waals surface area contributed by atoms with Crippen LogP contribution in [0.3, 0.4) is 0 Å². The zero-order valence-corrected chi connectivity index (χ0v) is 9.58. The normalized spacial score (nSPS) is 10.4. The quantitative estimate of drug-likeness (QED) is 0.791. The van der Waals surface area contributed by atoms with Crippen LogP contribution in [0.4, 0.5) is 0 Å². The van der Waals surface area contributed by atoms with Crippen molar-refractivity contribution in [1.29, 1.82) is 0 Å². The second-order valence-electron chi connectivity index (χ2n) is 3.99. The van der Waals surface area contributed by atoms with Gasteiger partial charge in [-0.3, -0.25) is 4.79 Å². The van der Waals surface area contributed by atoms with Crippen LogP contribution in [0.15, 0.2) is 18.2 Å². The van der Waals surface area contributed by atoms with E-state index in [1.165, 1.54) is 0 Å². The molecule has 0 saturated heterocycles. The largest absolute Gasteiger partial charge is 0.481 e. The first-order valence-corrected chi connectivity index (χ1v) is 5.42. The molecule has 0 aliphatic carbocycles. The smallest absolute Gasteiger partial charge is 0.303 e. The van der Waals surface area contributed by atoms with E-state index in [-0.39, 0.29) is 6.42 Å².